The van der Waals surface area contributed by atoms with Crippen molar-refractivity contribution in [1.82, 2.24) is 9.97 Å². The molecule has 19 heavy (non-hydrogen) atoms. The van der Waals surface area contributed by atoms with Crippen LogP contribution in [0.15, 0.2) is 16.3 Å². The Morgan fingerprint density at radius 2 is 2.26 bits per heavy atom. The lowest BCUT2D eigenvalue weighted by Gasteiger charge is -1.99. The highest BCUT2D eigenvalue weighted by Gasteiger charge is 2.12. The first kappa shape index (κ1) is 13.6. The summed E-state index contributed by atoms with van der Waals surface area (Å²) in [6.07, 6.45) is 0.108. The summed E-state index contributed by atoms with van der Waals surface area (Å²) >= 11 is 2.61. The molecule has 100 valence electrons. The lowest BCUT2D eigenvalue weighted by atomic mass is 10.3. The zero-order valence-electron chi connectivity index (χ0n) is 10.1. The van der Waals surface area contributed by atoms with Crippen LogP contribution < -0.4 is 5.32 Å². The number of thiazole rings is 2. The van der Waals surface area contributed by atoms with E-state index in [1.54, 1.807) is 23.2 Å². The number of hydrogen-bond donors (Lipinski definition) is 1. The normalized spacial score (nSPS) is 10.2. The predicted molar refractivity (Wildman–Crippen MR) is 72.5 cm³/mol. The van der Waals surface area contributed by atoms with E-state index < -0.39 is 0 Å². The number of hydrogen-bond acceptors (Lipinski definition) is 7. The van der Waals surface area contributed by atoms with Gasteiger partial charge in [-0.05, 0) is 6.92 Å². The van der Waals surface area contributed by atoms with E-state index in [9.17, 15) is 9.59 Å². The van der Waals surface area contributed by atoms with Crippen LogP contribution in [-0.4, -0.2) is 28.5 Å². The Kier molecular flexibility index (Phi) is 4.58. The molecule has 0 aliphatic carbocycles. The largest absolute Gasteiger partial charge is 0.466 e. The number of rotatable bonds is 5. The van der Waals surface area contributed by atoms with Gasteiger partial charge in [-0.15, -0.1) is 22.7 Å². The molecule has 6 nitrogen and oxygen atoms in total. The molecule has 0 radical (unpaired) electrons. The quantitative estimate of drug-likeness (QED) is 0.853. The molecule has 2 heterocycles. The molecular weight excluding hydrogens is 286 g/mol. The van der Waals surface area contributed by atoms with Gasteiger partial charge in [-0.1, -0.05) is 0 Å². The van der Waals surface area contributed by atoms with Crippen LogP contribution in [0.3, 0.4) is 0 Å². The second-order valence-corrected chi connectivity index (χ2v) is 5.03. The molecule has 0 aromatic carbocycles. The molecule has 1 N–H and O–H groups in total. The van der Waals surface area contributed by atoms with Gasteiger partial charge >= 0.3 is 5.97 Å². The molecule has 2 aromatic heterocycles. The molecule has 0 bridgehead atoms. The number of anilines is 1. The maximum absolute atomic E-state index is 11.7. The summed E-state index contributed by atoms with van der Waals surface area (Å²) < 4.78 is 4.82. The number of carbonyl (C=O) groups excluding carboxylic acids is 2. The van der Waals surface area contributed by atoms with Crippen LogP contribution in [0, 0.1) is 0 Å². The van der Waals surface area contributed by atoms with Crippen molar-refractivity contribution >= 4 is 39.7 Å². The Morgan fingerprint density at radius 3 is 2.95 bits per heavy atom. The number of aromatic nitrogens is 2. The monoisotopic (exact) mass is 297 g/mol. The lowest BCUT2D eigenvalue weighted by molar-refractivity contribution is -0.142. The summed E-state index contributed by atoms with van der Waals surface area (Å²) in [5, 5.41) is 6.44. The highest BCUT2D eigenvalue weighted by molar-refractivity contribution is 7.14. The molecule has 0 fully saturated rings. The van der Waals surface area contributed by atoms with Gasteiger partial charge in [0.2, 0.25) is 0 Å². The fourth-order valence-corrected chi connectivity index (χ4v) is 2.53. The number of esters is 1. The maximum Gasteiger partial charge on any atom is 0.311 e. The molecule has 0 aliphatic rings. The van der Waals surface area contributed by atoms with E-state index in [1.807, 2.05) is 0 Å². The van der Waals surface area contributed by atoms with Crippen molar-refractivity contribution in [1.29, 1.82) is 0 Å². The Balaban J connectivity index is 1.94. The first-order chi connectivity index (χ1) is 9.19. The van der Waals surface area contributed by atoms with Gasteiger partial charge < -0.3 is 4.74 Å². The maximum atomic E-state index is 11.7. The third-order valence-corrected chi connectivity index (χ3v) is 3.46. The van der Waals surface area contributed by atoms with Gasteiger partial charge in [-0.25, -0.2) is 9.97 Å². The standard InChI is InChI=1S/C11H11N3O3S2/c1-2-17-9(15)3-7-4-19-11(13-7)14-10(16)8-5-18-6-12-8/h4-6H,2-3H2,1H3,(H,13,14,16). The minimum Gasteiger partial charge on any atom is -0.466 e. The van der Waals surface area contributed by atoms with Crippen molar-refractivity contribution in [3.05, 3.63) is 27.7 Å². The number of nitrogens with zero attached hydrogens (tertiary/aromatic N) is 2. The molecule has 8 heteroatoms. The van der Waals surface area contributed by atoms with Crippen LogP contribution in [0.2, 0.25) is 0 Å². The third kappa shape index (κ3) is 3.83. The molecule has 1 amide bonds. The van der Waals surface area contributed by atoms with Crippen molar-refractivity contribution in [2.24, 2.45) is 0 Å². The molecule has 0 saturated carbocycles. The van der Waals surface area contributed by atoms with Crippen LogP contribution in [0.5, 0.6) is 0 Å². The zero-order valence-corrected chi connectivity index (χ0v) is 11.7. The Bertz CT molecular complexity index is 566. The van der Waals surface area contributed by atoms with E-state index >= 15 is 0 Å². The fraction of sp³-hybridized carbons (Fsp3) is 0.273. The number of carbonyl (C=O) groups is 2. The topological polar surface area (TPSA) is 81.2 Å². The Hall–Kier alpha value is -1.80. The Labute approximate surface area is 117 Å². The minimum absolute atomic E-state index is 0.108. The summed E-state index contributed by atoms with van der Waals surface area (Å²) in [4.78, 5) is 31.0. The van der Waals surface area contributed by atoms with Gasteiger partial charge in [0.1, 0.15) is 5.69 Å². The molecular formula is C11H11N3O3S2. The highest BCUT2D eigenvalue weighted by atomic mass is 32.1. The molecule has 2 aromatic rings. The first-order valence-corrected chi connectivity index (χ1v) is 7.31. The molecule has 2 rings (SSSR count). The molecule has 0 aliphatic heterocycles. The predicted octanol–water partition coefficient (Wildman–Crippen LogP) is 1.96. The lowest BCUT2D eigenvalue weighted by Crippen LogP contribution is -2.12. The van der Waals surface area contributed by atoms with Gasteiger partial charge in [0.05, 0.1) is 24.2 Å². The fourth-order valence-electron chi connectivity index (χ4n) is 1.29. The van der Waals surface area contributed by atoms with E-state index in [0.29, 0.717) is 23.1 Å². The van der Waals surface area contributed by atoms with Crippen molar-refractivity contribution in [3.8, 4) is 0 Å². The van der Waals surface area contributed by atoms with E-state index in [-0.39, 0.29) is 18.3 Å². The van der Waals surface area contributed by atoms with Crippen molar-refractivity contribution in [3.63, 3.8) is 0 Å². The summed E-state index contributed by atoms with van der Waals surface area (Å²) in [5.74, 6) is -0.636. The van der Waals surface area contributed by atoms with Gasteiger partial charge in [-0.2, -0.15) is 0 Å². The third-order valence-electron chi connectivity index (χ3n) is 2.07. The van der Waals surface area contributed by atoms with E-state index in [2.05, 4.69) is 15.3 Å². The van der Waals surface area contributed by atoms with Gasteiger partial charge in [0.25, 0.3) is 5.91 Å². The van der Waals surface area contributed by atoms with Crippen LogP contribution in [0.25, 0.3) is 0 Å². The van der Waals surface area contributed by atoms with Gasteiger partial charge in [-0.3, -0.25) is 14.9 Å². The van der Waals surface area contributed by atoms with E-state index in [0.717, 1.165) is 0 Å². The number of ether oxygens (including phenoxy) is 1. The average molecular weight is 297 g/mol. The Morgan fingerprint density at radius 1 is 1.42 bits per heavy atom. The van der Waals surface area contributed by atoms with Crippen LogP contribution in [-0.2, 0) is 16.0 Å². The smallest absolute Gasteiger partial charge is 0.311 e. The summed E-state index contributed by atoms with van der Waals surface area (Å²) in [5.41, 5.74) is 2.52. The van der Waals surface area contributed by atoms with Gasteiger partial charge in [0, 0.05) is 10.8 Å². The molecule has 0 unspecified atom stereocenters. The van der Waals surface area contributed by atoms with Gasteiger partial charge in [0.15, 0.2) is 5.13 Å². The molecule has 0 saturated heterocycles. The van der Waals surface area contributed by atoms with Crippen LogP contribution in [0.4, 0.5) is 5.13 Å². The minimum atomic E-state index is -0.329. The SMILES string of the molecule is CCOC(=O)Cc1csc(NC(=O)c2cscn2)n1. The number of nitrogens with one attached hydrogen (secondary N) is 1. The average Bonchev–Trinajstić information content (AvgIpc) is 3.00. The highest BCUT2D eigenvalue weighted by Crippen LogP contribution is 2.17. The molecule has 0 atom stereocenters. The van der Waals surface area contributed by atoms with Crippen LogP contribution in [0.1, 0.15) is 23.1 Å². The van der Waals surface area contributed by atoms with Crippen molar-refractivity contribution in [2.75, 3.05) is 11.9 Å². The summed E-state index contributed by atoms with van der Waals surface area (Å²) in [7, 11) is 0. The molecule has 0 spiro atoms. The van der Waals surface area contributed by atoms with Crippen molar-refractivity contribution in [2.45, 2.75) is 13.3 Å². The second-order valence-electron chi connectivity index (χ2n) is 3.45. The van der Waals surface area contributed by atoms with Crippen molar-refractivity contribution < 1.29 is 14.3 Å². The summed E-state index contributed by atoms with van der Waals surface area (Å²) in [6, 6.07) is 0. The van der Waals surface area contributed by atoms with Crippen LogP contribution >= 0.6 is 22.7 Å². The van der Waals surface area contributed by atoms with E-state index in [1.165, 1.54) is 22.7 Å². The number of amides is 1. The zero-order chi connectivity index (χ0) is 13.7. The van der Waals surface area contributed by atoms with E-state index in [4.69, 9.17) is 4.74 Å². The summed E-state index contributed by atoms with van der Waals surface area (Å²) in [6.45, 7) is 2.09. The second kappa shape index (κ2) is 6.39. The first-order valence-electron chi connectivity index (χ1n) is 5.48.